The van der Waals surface area contributed by atoms with Crippen LogP contribution in [0, 0.1) is 0 Å². The van der Waals surface area contributed by atoms with E-state index in [4.69, 9.17) is 21.1 Å². The number of hydrogen-bond donors (Lipinski definition) is 1. The van der Waals surface area contributed by atoms with E-state index in [0.29, 0.717) is 50.8 Å². The van der Waals surface area contributed by atoms with Gasteiger partial charge in [-0.2, -0.15) is 0 Å². The minimum atomic E-state index is -3.48. The molecule has 3 rings (SSSR count). The molecular formula is C32H44ClN3O5S. The Hall–Kier alpha value is -2.72. The molecule has 0 amide bonds. The average molecular weight is 618 g/mol. The lowest BCUT2D eigenvalue weighted by molar-refractivity contribution is -0.119. The molecule has 1 heterocycles. The summed E-state index contributed by atoms with van der Waals surface area (Å²) in [4.78, 5) is 22.3. The number of hydrogen-bond acceptors (Lipinski definition) is 7. The number of alkyl halides is 1. The van der Waals surface area contributed by atoms with Crippen LogP contribution in [-0.4, -0.2) is 76.3 Å². The van der Waals surface area contributed by atoms with Crippen LogP contribution in [0.3, 0.4) is 0 Å². The van der Waals surface area contributed by atoms with Gasteiger partial charge in [0.25, 0.3) is 0 Å². The molecule has 0 saturated heterocycles. The fourth-order valence-corrected chi connectivity index (χ4v) is 5.92. The number of Topliss-reactive ketones (excluding diaryl/α,β-unsaturated/α-hetero) is 1. The van der Waals surface area contributed by atoms with Crippen LogP contribution < -0.4 is 4.90 Å². The lowest BCUT2D eigenvalue weighted by Crippen LogP contribution is -2.10. The van der Waals surface area contributed by atoms with Crippen molar-refractivity contribution >= 4 is 32.9 Å². The number of ether oxygens (including phenoxy) is 2. The van der Waals surface area contributed by atoms with Crippen molar-refractivity contribution in [3.05, 3.63) is 54.7 Å². The standard InChI is InChI=1S/C32H44ClN3O5S/c1-36(2)28-15-11-26(12-16-28)31-25-34-32(35-31)27-13-17-30(18-14-27)42(38,39)24-8-10-29(37)9-7-21-41-23-22-40-20-6-4-3-5-19-33/h11-18,25H,3-10,19-24H2,1-2H3,(H,34,35). The highest BCUT2D eigenvalue weighted by atomic mass is 35.5. The molecule has 1 aromatic heterocycles. The molecule has 1 N–H and O–H groups in total. The third-order valence-corrected chi connectivity index (χ3v) is 9.00. The van der Waals surface area contributed by atoms with Crippen LogP contribution in [-0.2, 0) is 24.1 Å². The smallest absolute Gasteiger partial charge is 0.178 e. The number of carbonyl (C=O) groups excluding carboxylic acids is 1. The third-order valence-electron chi connectivity index (χ3n) is 6.91. The first-order chi connectivity index (χ1) is 20.3. The number of rotatable bonds is 21. The Bertz CT molecular complexity index is 1310. The number of nitrogens with one attached hydrogen (secondary N) is 1. The summed E-state index contributed by atoms with van der Waals surface area (Å²) in [5.74, 6) is 1.38. The molecule has 42 heavy (non-hydrogen) atoms. The van der Waals surface area contributed by atoms with Crippen molar-refractivity contribution < 1.29 is 22.7 Å². The zero-order valence-electron chi connectivity index (χ0n) is 24.8. The fraction of sp³-hybridized carbons (Fsp3) is 0.500. The molecule has 230 valence electrons. The quantitative estimate of drug-likeness (QED) is 0.107. The number of sulfone groups is 1. The molecule has 8 nitrogen and oxygen atoms in total. The maximum Gasteiger partial charge on any atom is 0.178 e. The van der Waals surface area contributed by atoms with Crippen LogP contribution in [0.4, 0.5) is 5.69 Å². The zero-order valence-corrected chi connectivity index (χ0v) is 26.4. The molecule has 0 saturated carbocycles. The number of halogens is 1. The number of carbonyl (C=O) groups is 1. The molecule has 0 aliphatic rings. The van der Waals surface area contributed by atoms with Crippen LogP contribution in [0.1, 0.15) is 51.4 Å². The van der Waals surface area contributed by atoms with E-state index in [0.717, 1.165) is 54.8 Å². The Balaban J connectivity index is 1.33. The summed E-state index contributed by atoms with van der Waals surface area (Å²) in [5, 5.41) is 0. The fourth-order valence-electron chi connectivity index (χ4n) is 4.42. The van der Waals surface area contributed by atoms with Gasteiger partial charge in [-0.3, -0.25) is 4.79 Å². The predicted molar refractivity (Wildman–Crippen MR) is 170 cm³/mol. The monoisotopic (exact) mass is 617 g/mol. The van der Waals surface area contributed by atoms with E-state index in [1.807, 2.05) is 43.3 Å². The van der Waals surface area contributed by atoms with Crippen molar-refractivity contribution in [2.75, 3.05) is 57.1 Å². The van der Waals surface area contributed by atoms with Crippen LogP contribution in [0.15, 0.2) is 59.6 Å². The molecule has 2 aromatic carbocycles. The number of ketones is 1. The van der Waals surface area contributed by atoms with E-state index in [1.54, 1.807) is 30.5 Å². The van der Waals surface area contributed by atoms with Crippen LogP contribution >= 0.6 is 11.6 Å². The Morgan fingerprint density at radius 3 is 2.10 bits per heavy atom. The van der Waals surface area contributed by atoms with Crippen LogP contribution in [0.2, 0.25) is 0 Å². The Kier molecular flexibility index (Phi) is 14.5. The Labute approximate surface area is 255 Å². The number of unbranched alkanes of at least 4 members (excludes halogenated alkanes) is 3. The SMILES string of the molecule is CN(C)c1ccc(-c2cnc(-c3ccc(S(=O)(=O)CCCC(=O)CCCOCCOCCCCCCCl)cc3)[nH]2)cc1. The number of benzene rings is 2. The van der Waals surface area contributed by atoms with Crippen molar-refractivity contribution in [1.29, 1.82) is 0 Å². The highest BCUT2D eigenvalue weighted by molar-refractivity contribution is 7.91. The van der Waals surface area contributed by atoms with Gasteiger partial charge in [0.2, 0.25) is 0 Å². The predicted octanol–water partition coefficient (Wildman–Crippen LogP) is 6.55. The molecular weight excluding hydrogens is 574 g/mol. The van der Waals surface area contributed by atoms with Gasteiger partial charge in [0.15, 0.2) is 9.84 Å². The van der Waals surface area contributed by atoms with E-state index >= 15 is 0 Å². The summed E-state index contributed by atoms with van der Waals surface area (Å²) in [6, 6.07) is 14.9. The van der Waals surface area contributed by atoms with Gasteiger partial charge >= 0.3 is 0 Å². The van der Waals surface area contributed by atoms with Gasteiger partial charge in [-0.1, -0.05) is 25.0 Å². The summed E-state index contributed by atoms with van der Waals surface area (Å²) in [7, 11) is 0.514. The topological polar surface area (TPSA) is 102 Å². The van der Waals surface area contributed by atoms with Gasteiger partial charge in [0, 0.05) is 57.3 Å². The second kappa shape index (κ2) is 18.1. The van der Waals surface area contributed by atoms with Crippen molar-refractivity contribution in [3.8, 4) is 22.6 Å². The summed E-state index contributed by atoms with van der Waals surface area (Å²) in [6.07, 6.45) is 7.69. The largest absolute Gasteiger partial charge is 0.379 e. The van der Waals surface area contributed by atoms with Gasteiger partial charge in [0.05, 0.1) is 35.8 Å². The molecule has 0 atom stereocenters. The number of anilines is 1. The van der Waals surface area contributed by atoms with Crippen molar-refractivity contribution in [3.63, 3.8) is 0 Å². The molecule has 0 radical (unpaired) electrons. The van der Waals surface area contributed by atoms with E-state index in [9.17, 15) is 13.2 Å². The lowest BCUT2D eigenvalue weighted by Gasteiger charge is -2.12. The molecule has 0 aliphatic carbocycles. The zero-order chi connectivity index (χ0) is 30.2. The second-order valence-electron chi connectivity index (χ2n) is 10.5. The molecule has 0 fully saturated rings. The summed E-state index contributed by atoms with van der Waals surface area (Å²) in [5.41, 5.74) is 3.82. The first-order valence-electron chi connectivity index (χ1n) is 14.7. The number of nitrogens with zero attached hydrogens (tertiary/aromatic N) is 2. The first-order valence-corrected chi connectivity index (χ1v) is 16.9. The summed E-state index contributed by atoms with van der Waals surface area (Å²) in [6.45, 7) is 2.29. The minimum Gasteiger partial charge on any atom is -0.379 e. The third kappa shape index (κ3) is 11.5. The normalized spacial score (nSPS) is 11.6. The van der Waals surface area contributed by atoms with Crippen LogP contribution in [0.5, 0.6) is 0 Å². The van der Waals surface area contributed by atoms with Gasteiger partial charge in [0.1, 0.15) is 11.6 Å². The van der Waals surface area contributed by atoms with Crippen LogP contribution in [0.25, 0.3) is 22.6 Å². The highest BCUT2D eigenvalue weighted by Crippen LogP contribution is 2.25. The number of imidazole rings is 1. The van der Waals surface area contributed by atoms with Gasteiger partial charge < -0.3 is 19.4 Å². The van der Waals surface area contributed by atoms with Crippen molar-refractivity contribution in [1.82, 2.24) is 9.97 Å². The van der Waals surface area contributed by atoms with Crippen molar-refractivity contribution in [2.45, 2.75) is 56.3 Å². The molecule has 3 aromatic rings. The minimum absolute atomic E-state index is 0.0577. The lowest BCUT2D eigenvalue weighted by atomic mass is 10.1. The molecule has 0 bridgehead atoms. The average Bonchev–Trinajstić information content (AvgIpc) is 3.48. The Morgan fingerprint density at radius 2 is 1.43 bits per heavy atom. The molecule has 0 spiro atoms. The van der Waals surface area contributed by atoms with E-state index in [1.165, 1.54) is 0 Å². The second-order valence-corrected chi connectivity index (χ2v) is 13.0. The van der Waals surface area contributed by atoms with Gasteiger partial charge in [-0.25, -0.2) is 13.4 Å². The van der Waals surface area contributed by atoms with E-state index in [-0.39, 0.29) is 22.9 Å². The Morgan fingerprint density at radius 1 is 0.810 bits per heavy atom. The van der Waals surface area contributed by atoms with Gasteiger partial charge in [-0.15, -0.1) is 11.6 Å². The first kappa shape index (κ1) is 33.8. The summed E-state index contributed by atoms with van der Waals surface area (Å²) >= 11 is 5.66. The number of H-pyrrole nitrogens is 1. The number of aromatic amines is 1. The van der Waals surface area contributed by atoms with E-state index in [2.05, 4.69) is 9.97 Å². The maximum absolute atomic E-state index is 12.8. The molecule has 0 aliphatic heterocycles. The molecule has 0 unspecified atom stereocenters. The molecule has 10 heteroatoms. The maximum atomic E-state index is 12.8. The van der Waals surface area contributed by atoms with Crippen molar-refractivity contribution in [2.24, 2.45) is 0 Å². The number of aromatic nitrogens is 2. The van der Waals surface area contributed by atoms with Gasteiger partial charge in [-0.05, 0) is 67.6 Å². The summed E-state index contributed by atoms with van der Waals surface area (Å²) < 4.78 is 36.7. The highest BCUT2D eigenvalue weighted by Gasteiger charge is 2.16. The van der Waals surface area contributed by atoms with E-state index < -0.39 is 9.84 Å².